The van der Waals surface area contributed by atoms with E-state index in [0.29, 0.717) is 0 Å². The average molecular weight is 371 g/mol. The third-order valence-electron chi connectivity index (χ3n) is 4.96. The Morgan fingerprint density at radius 1 is 1.08 bits per heavy atom. The molecule has 5 nitrogen and oxygen atoms in total. The minimum atomic E-state index is -0.228. The molecule has 1 aromatic carbocycles. The Kier molecular flexibility index (Phi) is 4.74. The summed E-state index contributed by atoms with van der Waals surface area (Å²) >= 11 is 1.70. The van der Waals surface area contributed by atoms with Crippen molar-refractivity contribution in [2.24, 2.45) is 0 Å². The van der Waals surface area contributed by atoms with E-state index in [1.807, 2.05) is 23.2 Å². The summed E-state index contributed by atoms with van der Waals surface area (Å²) in [5.74, 6) is -0.228. The molecular formula is C19H22FN5S. The standard InChI is InChI=1S/C19H22FN5S/c1-14-18(15(2)25(22-14)17-5-3-16(20)4-6-17)13-23-8-10-24(11-9-23)19-21-7-12-26-19/h3-7,12H,8-11,13H2,1-2H3. The van der Waals surface area contributed by atoms with Crippen molar-refractivity contribution in [2.45, 2.75) is 20.4 Å². The molecule has 136 valence electrons. The Morgan fingerprint density at radius 2 is 1.81 bits per heavy atom. The molecule has 0 saturated carbocycles. The van der Waals surface area contributed by atoms with Crippen LogP contribution in [0.3, 0.4) is 0 Å². The second-order valence-corrected chi connectivity index (χ2v) is 7.49. The lowest BCUT2D eigenvalue weighted by Crippen LogP contribution is -2.46. The van der Waals surface area contributed by atoms with E-state index in [-0.39, 0.29) is 5.82 Å². The van der Waals surface area contributed by atoms with Crippen LogP contribution < -0.4 is 4.90 Å². The van der Waals surface area contributed by atoms with Crippen LogP contribution in [0.25, 0.3) is 5.69 Å². The second-order valence-electron chi connectivity index (χ2n) is 6.62. The maximum Gasteiger partial charge on any atom is 0.185 e. The molecule has 0 radical (unpaired) electrons. The van der Waals surface area contributed by atoms with Gasteiger partial charge in [0.1, 0.15) is 5.82 Å². The zero-order chi connectivity index (χ0) is 18.1. The van der Waals surface area contributed by atoms with E-state index in [1.54, 1.807) is 23.5 Å². The maximum atomic E-state index is 13.2. The van der Waals surface area contributed by atoms with E-state index in [1.165, 1.54) is 17.7 Å². The smallest absolute Gasteiger partial charge is 0.185 e. The van der Waals surface area contributed by atoms with Crippen LogP contribution in [0, 0.1) is 19.7 Å². The van der Waals surface area contributed by atoms with Crippen molar-refractivity contribution >= 4 is 16.5 Å². The lowest BCUT2D eigenvalue weighted by molar-refractivity contribution is 0.249. The van der Waals surface area contributed by atoms with Gasteiger partial charge in [0.25, 0.3) is 0 Å². The summed E-state index contributed by atoms with van der Waals surface area (Å²) in [6.45, 7) is 9.05. The summed E-state index contributed by atoms with van der Waals surface area (Å²) in [4.78, 5) is 9.22. The van der Waals surface area contributed by atoms with Crippen molar-refractivity contribution in [3.05, 3.63) is 58.6 Å². The summed E-state index contributed by atoms with van der Waals surface area (Å²) in [5.41, 5.74) is 4.31. The number of nitrogens with zero attached hydrogens (tertiary/aromatic N) is 5. The van der Waals surface area contributed by atoms with E-state index in [0.717, 1.165) is 54.9 Å². The SMILES string of the molecule is Cc1nn(-c2ccc(F)cc2)c(C)c1CN1CCN(c2nccs2)CC1. The van der Waals surface area contributed by atoms with Gasteiger partial charge in [-0.1, -0.05) is 0 Å². The van der Waals surface area contributed by atoms with Crippen LogP contribution in [0.15, 0.2) is 35.8 Å². The quantitative estimate of drug-likeness (QED) is 0.704. The number of anilines is 1. The van der Waals surface area contributed by atoms with E-state index in [4.69, 9.17) is 0 Å². The van der Waals surface area contributed by atoms with Crippen LogP contribution in [-0.4, -0.2) is 45.8 Å². The summed E-state index contributed by atoms with van der Waals surface area (Å²) in [7, 11) is 0. The molecule has 7 heteroatoms. The summed E-state index contributed by atoms with van der Waals surface area (Å²) in [6.07, 6.45) is 1.86. The topological polar surface area (TPSA) is 37.2 Å². The fraction of sp³-hybridized carbons (Fsp3) is 0.368. The summed E-state index contributed by atoms with van der Waals surface area (Å²) in [5, 5.41) is 7.82. The molecule has 1 fully saturated rings. The molecule has 1 saturated heterocycles. The number of hydrogen-bond acceptors (Lipinski definition) is 5. The van der Waals surface area contributed by atoms with E-state index >= 15 is 0 Å². The van der Waals surface area contributed by atoms with Gasteiger partial charge in [-0.3, -0.25) is 4.90 Å². The van der Waals surface area contributed by atoms with Crippen LogP contribution >= 0.6 is 11.3 Å². The molecule has 1 aliphatic rings. The minimum absolute atomic E-state index is 0.228. The van der Waals surface area contributed by atoms with Gasteiger partial charge in [0.15, 0.2) is 5.13 Å². The van der Waals surface area contributed by atoms with Gasteiger partial charge in [0.05, 0.1) is 11.4 Å². The Labute approximate surface area is 156 Å². The fourth-order valence-corrected chi connectivity index (χ4v) is 4.13. The summed E-state index contributed by atoms with van der Waals surface area (Å²) < 4.78 is 15.1. The number of thiazole rings is 1. The molecule has 2 aromatic heterocycles. The first kappa shape index (κ1) is 17.2. The van der Waals surface area contributed by atoms with E-state index in [9.17, 15) is 4.39 Å². The predicted octanol–water partition coefficient (Wildman–Crippen LogP) is 3.41. The van der Waals surface area contributed by atoms with Gasteiger partial charge >= 0.3 is 0 Å². The van der Waals surface area contributed by atoms with Gasteiger partial charge in [0.2, 0.25) is 0 Å². The predicted molar refractivity (Wildman–Crippen MR) is 103 cm³/mol. The first-order valence-electron chi connectivity index (χ1n) is 8.79. The van der Waals surface area contributed by atoms with Crippen molar-refractivity contribution < 1.29 is 4.39 Å². The highest BCUT2D eigenvalue weighted by Gasteiger charge is 2.21. The number of hydrogen-bond donors (Lipinski definition) is 0. The Morgan fingerprint density at radius 3 is 2.46 bits per heavy atom. The molecular weight excluding hydrogens is 349 g/mol. The van der Waals surface area contributed by atoms with Gasteiger partial charge < -0.3 is 4.90 Å². The monoisotopic (exact) mass is 371 g/mol. The molecule has 0 N–H and O–H groups in total. The molecule has 3 heterocycles. The maximum absolute atomic E-state index is 13.2. The zero-order valence-corrected chi connectivity index (χ0v) is 15.8. The van der Waals surface area contributed by atoms with Gasteiger partial charge in [0, 0.05) is 55.6 Å². The molecule has 0 bridgehead atoms. The van der Waals surface area contributed by atoms with Crippen molar-refractivity contribution in [2.75, 3.05) is 31.1 Å². The van der Waals surface area contributed by atoms with Gasteiger partial charge in [-0.15, -0.1) is 11.3 Å². The Balaban J connectivity index is 1.46. The normalized spacial score (nSPS) is 15.6. The molecule has 4 rings (SSSR count). The van der Waals surface area contributed by atoms with Crippen LogP contribution in [0.1, 0.15) is 17.0 Å². The number of piperazine rings is 1. The van der Waals surface area contributed by atoms with Crippen molar-refractivity contribution in [3.8, 4) is 5.69 Å². The molecule has 0 amide bonds. The van der Waals surface area contributed by atoms with E-state index in [2.05, 4.69) is 26.8 Å². The van der Waals surface area contributed by atoms with Crippen LogP contribution in [0.2, 0.25) is 0 Å². The van der Waals surface area contributed by atoms with E-state index < -0.39 is 0 Å². The van der Waals surface area contributed by atoms with Crippen LogP contribution in [0.5, 0.6) is 0 Å². The zero-order valence-electron chi connectivity index (χ0n) is 15.0. The minimum Gasteiger partial charge on any atom is -0.346 e. The molecule has 0 unspecified atom stereocenters. The summed E-state index contributed by atoms with van der Waals surface area (Å²) in [6, 6.07) is 6.49. The number of benzene rings is 1. The first-order valence-corrected chi connectivity index (χ1v) is 9.67. The number of aryl methyl sites for hydroxylation is 1. The molecule has 0 spiro atoms. The fourth-order valence-electron chi connectivity index (χ4n) is 3.43. The Hall–Kier alpha value is -2.25. The van der Waals surface area contributed by atoms with Crippen LogP contribution in [0.4, 0.5) is 9.52 Å². The lowest BCUT2D eigenvalue weighted by Gasteiger charge is -2.34. The third-order valence-corrected chi connectivity index (χ3v) is 5.79. The molecule has 3 aromatic rings. The van der Waals surface area contributed by atoms with Crippen LogP contribution in [-0.2, 0) is 6.54 Å². The highest BCUT2D eigenvalue weighted by Crippen LogP contribution is 2.22. The lowest BCUT2D eigenvalue weighted by atomic mass is 10.1. The molecule has 26 heavy (non-hydrogen) atoms. The second kappa shape index (κ2) is 7.17. The third kappa shape index (κ3) is 3.37. The van der Waals surface area contributed by atoms with Crippen molar-refractivity contribution in [1.82, 2.24) is 19.7 Å². The van der Waals surface area contributed by atoms with Crippen molar-refractivity contribution in [1.29, 1.82) is 0 Å². The highest BCUT2D eigenvalue weighted by molar-refractivity contribution is 7.13. The van der Waals surface area contributed by atoms with Gasteiger partial charge in [-0.25, -0.2) is 14.1 Å². The average Bonchev–Trinajstić information content (AvgIpc) is 3.28. The number of aromatic nitrogens is 3. The van der Waals surface area contributed by atoms with Gasteiger partial charge in [-0.05, 0) is 38.1 Å². The first-order chi connectivity index (χ1) is 12.6. The number of halogens is 1. The van der Waals surface area contributed by atoms with Gasteiger partial charge in [-0.2, -0.15) is 5.10 Å². The highest BCUT2D eigenvalue weighted by atomic mass is 32.1. The molecule has 0 aliphatic carbocycles. The largest absolute Gasteiger partial charge is 0.346 e. The molecule has 1 aliphatic heterocycles. The number of rotatable bonds is 4. The Bertz CT molecular complexity index is 864. The molecule has 0 atom stereocenters. The van der Waals surface area contributed by atoms with Crippen molar-refractivity contribution in [3.63, 3.8) is 0 Å².